The van der Waals surface area contributed by atoms with Crippen molar-refractivity contribution >= 4 is 17.8 Å². The molecule has 0 bridgehead atoms. The van der Waals surface area contributed by atoms with Gasteiger partial charge in [-0.2, -0.15) is 0 Å². The maximum absolute atomic E-state index is 13.7. The molecule has 3 aromatic rings. The Kier molecular flexibility index (Phi) is 33.0. The number of esters is 2. The van der Waals surface area contributed by atoms with Crippen molar-refractivity contribution in [2.75, 3.05) is 160 Å². The third-order valence-electron chi connectivity index (χ3n) is 10.0. The van der Waals surface area contributed by atoms with Crippen molar-refractivity contribution in [1.82, 2.24) is 15.1 Å². The Labute approximate surface area is 421 Å². The number of amides is 1. The van der Waals surface area contributed by atoms with Gasteiger partial charge in [-0.05, 0) is 91.2 Å². The molecule has 0 radical (unpaired) electrons. The second-order valence-electron chi connectivity index (χ2n) is 17.0. The number of benzene rings is 3. The fourth-order valence-electron chi connectivity index (χ4n) is 6.64. The van der Waals surface area contributed by atoms with Gasteiger partial charge in [-0.25, -0.2) is 0 Å². The van der Waals surface area contributed by atoms with Crippen LogP contribution in [0.25, 0.3) is 0 Å². The molecule has 0 saturated carbocycles. The number of rotatable bonds is 43. The Morgan fingerprint density at radius 3 is 1.32 bits per heavy atom. The van der Waals surface area contributed by atoms with E-state index in [4.69, 9.17) is 56.8 Å². The Balaban J connectivity index is 1.57. The molecule has 0 unspecified atom stereocenters. The van der Waals surface area contributed by atoms with Crippen LogP contribution in [0.5, 0.6) is 17.2 Å². The van der Waals surface area contributed by atoms with Gasteiger partial charge in [0.1, 0.15) is 33.0 Å². The molecule has 0 atom stereocenters. The van der Waals surface area contributed by atoms with E-state index in [1.165, 1.54) is 0 Å². The van der Waals surface area contributed by atoms with Crippen LogP contribution in [0.3, 0.4) is 0 Å². The average molecular weight is 1000 g/mol. The first kappa shape index (κ1) is 60.4. The maximum Gasteiger partial charge on any atom is 0.305 e. The Morgan fingerprint density at radius 2 is 0.873 bits per heavy atom. The monoisotopic (exact) mass is 1000 g/mol. The van der Waals surface area contributed by atoms with E-state index < -0.39 is 0 Å². The molecule has 3 aromatic carbocycles. The van der Waals surface area contributed by atoms with Crippen LogP contribution in [0, 0.1) is 13.8 Å². The number of hydrogen-bond donors (Lipinski definition) is 1. The third-order valence-corrected chi connectivity index (χ3v) is 10.0. The summed E-state index contributed by atoms with van der Waals surface area (Å²) in [5.74, 6) is 0.0142. The molecule has 0 aromatic heterocycles. The molecule has 398 valence electrons. The minimum Gasteiger partial charge on any atom is -0.487 e. The van der Waals surface area contributed by atoms with Crippen molar-refractivity contribution in [2.45, 2.75) is 52.7 Å². The lowest BCUT2D eigenvalue weighted by atomic mass is 10.1. The van der Waals surface area contributed by atoms with E-state index in [1.54, 1.807) is 12.1 Å². The van der Waals surface area contributed by atoms with Gasteiger partial charge >= 0.3 is 11.9 Å². The predicted molar refractivity (Wildman–Crippen MR) is 269 cm³/mol. The van der Waals surface area contributed by atoms with E-state index in [1.807, 2.05) is 94.3 Å². The molecule has 0 heterocycles. The van der Waals surface area contributed by atoms with Crippen molar-refractivity contribution in [1.29, 1.82) is 0 Å². The van der Waals surface area contributed by atoms with Crippen molar-refractivity contribution < 1.29 is 71.2 Å². The molecule has 1 amide bonds. The van der Waals surface area contributed by atoms with Crippen molar-refractivity contribution in [3.8, 4) is 17.2 Å². The average Bonchev–Trinajstić information content (AvgIpc) is 3.33. The van der Waals surface area contributed by atoms with Crippen LogP contribution in [0.2, 0.25) is 0 Å². The van der Waals surface area contributed by atoms with Crippen LogP contribution in [0.15, 0.2) is 60.7 Å². The molecule has 3 rings (SSSR count). The highest BCUT2D eigenvalue weighted by Gasteiger charge is 2.20. The lowest BCUT2D eigenvalue weighted by Gasteiger charge is -2.19. The minimum atomic E-state index is -0.334. The summed E-state index contributed by atoms with van der Waals surface area (Å²) in [6.07, 6.45) is 2.20. The number of nitrogens with one attached hydrogen (secondary N) is 1. The zero-order valence-corrected chi connectivity index (χ0v) is 43.2. The molecular formula is C53H81N3O15. The first-order chi connectivity index (χ1) is 34.5. The van der Waals surface area contributed by atoms with Gasteiger partial charge in [0.05, 0.1) is 92.5 Å². The summed E-state index contributed by atoms with van der Waals surface area (Å²) in [4.78, 5) is 41.6. The fourth-order valence-corrected chi connectivity index (χ4v) is 6.64. The Morgan fingerprint density at radius 1 is 0.465 bits per heavy atom. The van der Waals surface area contributed by atoms with E-state index >= 15 is 0 Å². The van der Waals surface area contributed by atoms with Gasteiger partial charge in [-0.1, -0.05) is 59.7 Å². The quantitative estimate of drug-likeness (QED) is 0.0558. The van der Waals surface area contributed by atoms with E-state index in [-0.39, 0.29) is 114 Å². The van der Waals surface area contributed by atoms with Gasteiger partial charge in [0.15, 0.2) is 11.5 Å². The molecule has 18 nitrogen and oxygen atoms in total. The van der Waals surface area contributed by atoms with E-state index in [2.05, 4.69) is 11.4 Å². The number of nitrogens with zero attached hydrogens (tertiary/aromatic N) is 2. The molecule has 1 N–H and O–H groups in total. The molecule has 0 aliphatic rings. The van der Waals surface area contributed by atoms with Gasteiger partial charge in [-0.3, -0.25) is 14.4 Å². The second kappa shape index (κ2) is 38.7. The molecule has 71 heavy (non-hydrogen) atoms. The zero-order valence-electron chi connectivity index (χ0n) is 43.2. The first-order valence-corrected chi connectivity index (χ1v) is 24.6. The predicted octanol–water partition coefficient (Wildman–Crippen LogP) is 5.46. The van der Waals surface area contributed by atoms with Crippen LogP contribution in [0.1, 0.15) is 58.3 Å². The number of carbonyl (C=O) groups excluding carboxylic acids is 3. The molecule has 0 spiro atoms. The fraction of sp³-hybridized carbons (Fsp3) is 0.604. The normalized spacial score (nSPS) is 11.3. The standard InChI is InChI=1S/C53H81N3O15/c1-43-36-44(2)38-46(37-43)41-54-53(59)47-39-48(67-31-26-61-20-22-63-28-33-69-50(57)14-10-16-55(3)4)52(71-35-30-65-19-18-60-24-25-66-42-45-12-8-7-9-13-45)49(40-47)68-32-27-62-21-23-64-29-34-70-51(58)15-11-17-56(5)6/h7-9,12-13,36-40H,10-11,14-35,41-42H2,1-6H3,(H,54,59). The summed E-state index contributed by atoms with van der Waals surface area (Å²) < 4.78 is 69.0. The Hall–Kier alpha value is -4.89. The summed E-state index contributed by atoms with van der Waals surface area (Å²) in [7, 11) is 7.85. The number of carbonyl (C=O) groups is 3. The van der Waals surface area contributed by atoms with Crippen LogP contribution >= 0.6 is 0 Å². The molecule has 0 aliphatic carbocycles. The van der Waals surface area contributed by atoms with Crippen LogP contribution in [0.4, 0.5) is 0 Å². The summed E-state index contributed by atoms with van der Waals surface area (Å²) >= 11 is 0. The SMILES string of the molecule is Cc1cc(C)cc(CNC(=O)c2cc(OCCOCCOCCOC(=O)CCCN(C)C)c(OCCOCCOCCOCc3ccccc3)c(OCCOCCOCCOC(=O)CCCN(C)C)c2)c1. The maximum atomic E-state index is 13.7. The van der Waals surface area contributed by atoms with E-state index in [0.29, 0.717) is 71.2 Å². The summed E-state index contributed by atoms with van der Waals surface area (Å²) in [6, 6.07) is 19.3. The zero-order chi connectivity index (χ0) is 51.2. The Bertz CT molecular complexity index is 1800. The van der Waals surface area contributed by atoms with Crippen LogP contribution in [-0.4, -0.2) is 188 Å². The highest BCUT2D eigenvalue weighted by Crippen LogP contribution is 2.39. The number of hydrogen-bond acceptors (Lipinski definition) is 17. The van der Waals surface area contributed by atoms with E-state index in [9.17, 15) is 14.4 Å². The largest absolute Gasteiger partial charge is 0.487 e. The van der Waals surface area contributed by atoms with Crippen molar-refractivity contribution in [2.24, 2.45) is 0 Å². The number of aryl methyl sites for hydroxylation is 2. The van der Waals surface area contributed by atoms with Crippen LogP contribution < -0.4 is 19.5 Å². The second-order valence-corrected chi connectivity index (χ2v) is 17.0. The molecule has 18 heteroatoms. The van der Waals surface area contributed by atoms with Crippen molar-refractivity contribution in [3.63, 3.8) is 0 Å². The van der Waals surface area contributed by atoms with Gasteiger partial charge in [0, 0.05) is 24.9 Å². The lowest BCUT2D eigenvalue weighted by molar-refractivity contribution is -0.146. The van der Waals surface area contributed by atoms with Gasteiger partial charge in [0.2, 0.25) is 5.75 Å². The third kappa shape index (κ3) is 30.6. The molecule has 0 saturated heterocycles. The van der Waals surface area contributed by atoms with E-state index in [0.717, 1.165) is 48.2 Å². The van der Waals surface area contributed by atoms with Crippen LogP contribution in [-0.2, 0) is 65.4 Å². The molecule has 0 fully saturated rings. The molecule has 0 aliphatic heterocycles. The highest BCUT2D eigenvalue weighted by molar-refractivity contribution is 5.95. The van der Waals surface area contributed by atoms with Gasteiger partial charge in [-0.15, -0.1) is 0 Å². The lowest BCUT2D eigenvalue weighted by Crippen LogP contribution is -2.23. The topological polar surface area (TPSA) is 180 Å². The summed E-state index contributed by atoms with van der Waals surface area (Å²) in [5.41, 5.74) is 4.58. The smallest absolute Gasteiger partial charge is 0.305 e. The van der Waals surface area contributed by atoms with Crippen molar-refractivity contribution in [3.05, 3.63) is 88.5 Å². The highest BCUT2D eigenvalue weighted by atomic mass is 16.6. The summed E-state index contributed by atoms with van der Waals surface area (Å²) in [6.45, 7) is 11.2. The van der Waals surface area contributed by atoms with Gasteiger partial charge < -0.3 is 72.0 Å². The molecular weight excluding hydrogens is 919 g/mol. The first-order valence-electron chi connectivity index (χ1n) is 24.6. The van der Waals surface area contributed by atoms with Gasteiger partial charge in [0.25, 0.3) is 5.91 Å². The summed E-state index contributed by atoms with van der Waals surface area (Å²) in [5, 5.41) is 3.02. The minimum absolute atomic E-state index is 0.121. The number of ether oxygens (including phenoxy) is 12.